The van der Waals surface area contributed by atoms with Crippen molar-refractivity contribution in [2.45, 2.75) is 19.4 Å². The lowest BCUT2D eigenvalue weighted by Gasteiger charge is -2.16. The largest absolute Gasteiger partial charge is 0.493 e. The number of anilines is 1. The van der Waals surface area contributed by atoms with E-state index in [4.69, 9.17) is 9.47 Å². The highest BCUT2D eigenvalue weighted by molar-refractivity contribution is 6.13. The minimum Gasteiger partial charge on any atom is -0.493 e. The highest BCUT2D eigenvalue weighted by Gasteiger charge is 2.56. The number of carbonyl (C=O) groups excluding carboxylic acids is 2. The van der Waals surface area contributed by atoms with Crippen LogP contribution in [0.5, 0.6) is 11.5 Å². The van der Waals surface area contributed by atoms with Gasteiger partial charge in [0.2, 0.25) is 11.8 Å². The lowest BCUT2D eigenvalue weighted by atomic mass is 10.0. The molecule has 2 aromatic rings. The summed E-state index contributed by atoms with van der Waals surface area (Å²) >= 11 is 0. The minimum atomic E-state index is -1.19. The van der Waals surface area contributed by atoms with Gasteiger partial charge < -0.3 is 20.1 Å². The van der Waals surface area contributed by atoms with Gasteiger partial charge in [-0.2, -0.15) is 0 Å². The Kier molecular flexibility index (Phi) is 5.48. The van der Waals surface area contributed by atoms with Crippen LogP contribution in [0.1, 0.15) is 18.4 Å². The molecular formula is C20H20F2N2O4. The second kappa shape index (κ2) is 7.84. The second-order valence-electron chi connectivity index (χ2n) is 6.54. The highest BCUT2D eigenvalue weighted by Crippen LogP contribution is 2.47. The fraction of sp³-hybridized carbons (Fsp3) is 0.300. The van der Waals surface area contributed by atoms with E-state index in [0.29, 0.717) is 24.3 Å². The molecule has 0 atom stereocenters. The molecule has 1 saturated carbocycles. The molecule has 0 spiro atoms. The predicted octanol–water partition coefficient (Wildman–Crippen LogP) is 3.02. The van der Waals surface area contributed by atoms with Gasteiger partial charge in [0.15, 0.2) is 23.1 Å². The fourth-order valence-corrected chi connectivity index (χ4v) is 2.85. The van der Waals surface area contributed by atoms with Gasteiger partial charge in [0.1, 0.15) is 5.41 Å². The average molecular weight is 390 g/mol. The number of nitrogens with one attached hydrogen (secondary N) is 2. The molecule has 8 heteroatoms. The van der Waals surface area contributed by atoms with E-state index in [-0.39, 0.29) is 12.2 Å². The van der Waals surface area contributed by atoms with Crippen molar-refractivity contribution in [2.24, 2.45) is 5.41 Å². The van der Waals surface area contributed by atoms with Gasteiger partial charge in [-0.3, -0.25) is 9.59 Å². The summed E-state index contributed by atoms with van der Waals surface area (Å²) in [7, 11) is 3.05. The molecule has 0 aromatic heterocycles. The van der Waals surface area contributed by atoms with E-state index in [2.05, 4.69) is 10.6 Å². The van der Waals surface area contributed by atoms with Crippen LogP contribution in [-0.4, -0.2) is 26.0 Å². The minimum absolute atomic E-state index is 0.0999. The maximum absolute atomic E-state index is 13.3. The number of rotatable bonds is 7. The quantitative estimate of drug-likeness (QED) is 0.713. The first-order valence-corrected chi connectivity index (χ1v) is 8.65. The lowest BCUT2D eigenvalue weighted by Crippen LogP contribution is -2.39. The summed E-state index contributed by atoms with van der Waals surface area (Å²) in [5, 5.41) is 5.23. The van der Waals surface area contributed by atoms with Gasteiger partial charge in [-0.15, -0.1) is 0 Å². The molecule has 148 valence electrons. The number of halogens is 2. The molecule has 1 aliphatic rings. The van der Waals surface area contributed by atoms with Crippen molar-refractivity contribution in [3.63, 3.8) is 0 Å². The smallest absolute Gasteiger partial charge is 0.240 e. The molecule has 0 unspecified atom stereocenters. The molecule has 28 heavy (non-hydrogen) atoms. The molecule has 0 aliphatic heterocycles. The van der Waals surface area contributed by atoms with E-state index in [1.165, 1.54) is 20.3 Å². The number of ether oxygens (including phenoxy) is 2. The Morgan fingerprint density at radius 2 is 1.68 bits per heavy atom. The van der Waals surface area contributed by atoms with Crippen molar-refractivity contribution < 1.29 is 27.8 Å². The van der Waals surface area contributed by atoms with E-state index in [0.717, 1.165) is 17.7 Å². The van der Waals surface area contributed by atoms with Crippen molar-refractivity contribution >= 4 is 17.5 Å². The van der Waals surface area contributed by atoms with Gasteiger partial charge in [-0.1, -0.05) is 6.07 Å². The molecule has 0 saturated heterocycles. The first-order chi connectivity index (χ1) is 13.4. The maximum Gasteiger partial charge on any atom is 0.240 e. The Bertz CT molecular complexity index is 913. The van der Waals surface area contributed by atoms with Crippen molar-refractivity contribution in [3.05, 3.63) is 53.6 Å². The van der Waals surface area contributed by atoms with E-state index < -0.39 is 28.9 Å². The monoisotopic (exact) mass is 390 g/mol. The number of methoxy groups -OCH3 is 2. The van der Waals surface area contributed by atoms with Crippen LogP contribution in [0.3, 0.4) is 0 Å². The van der Waals surface area contributed by atoms with Crippen LogP contribution in [0, 0.1) is 17.0 Å². The number of hydrogen-bond acceptors (Lipinski definition) is 4. The SMILES string of the molecule is COc1ccc(CNC(=O)C2(C(=O)Nc3ccc(F)c(F)c3)CC2)cc1OC. The van der Waals surface area contributed by atoms with Gasteiger partial charge in [0.25, 0.3) is 0 Å². The predicted molar refractivity (Wildman–Crippen MR) is 98.0 cm³/mol. The summed E-state index contributed by atoms with van der Waals surface area (Å²) in [6.45, 7) is 0.208. The summed E-state index contributed by atoms with van der Waals surface area (Å²) in [4.78, 5) is 25.1. The van der Waals surface area contributed by atoms with E-state index >= 15 is 0 Å². The number of carbonyl (C=O) groups is 2. The molecule has 1 aliphatic carbocycles. The van der Waals surface area contributed by atoms with Gasteiger partial charge >= 0.3 is 0 Å². The molecule has 1 fully saturated rings. The third-order valence-corrected chi connectivity index (χ3v) is 4.70. The third kappa shape index (κ3) is 3.90. The third-order valence-electron chi connectivity index (χ3n) is 4.70. The molecule has 0 radical (unpaired) electrons. The summed E-state index contributed by atoms with van der Waals surface area (Å²) in [6, 6.07) is 8.28. The molecular weight excluding hydrogens is 370 g/mol. The Hall–Kier alpha value is -3.16. The topological polar surface area (TPSA) is 76.7 Å². The molecule has 3 rings (SSSR count). The standard InChI is InChI=1S/C20H20F2N2O4/c1-27-16-6-3-12(9-17(16)28-2)11-23-18(25)20(7-8-20)19(26)24-13-4-5-14(21)15(22)10-13/h3-6,9-10H,7-8,11H2,1-2H3,(H,23,25)(H,24,26). The average Bonchev–Trinajstić information content (AvgIpc) is 3.50. The Morgan fingerprint density at radius 1 is 0.964 bits per heavy atom. The normalized spacial score (nSPS) is 14.1. The zero-order valence-electron chi connectivity index (χ0n) is 15.5. The van der Waals surface area contributed by atoms with Gasteiger partial charge in [-0.05, 0) is 42.7 Å². The van der Waals surface area contributed by atoms with Crippen molar-refractivity contribution in [2.75, 3.05) is 19.5 Å². The van der Waals surface area contributed by atoms with Crippen LogP contribution < -0.4 is 20.1 Å². The summed E-state index contributed by atoms with van der Waals surface area (Å²) in [5.41, 5.74) is -0.313. The molecule has 2 aromatic carbocycles. The van der Waals surface area contributed by atoms with Gasteiger partial charge in [-0.25, -0.2) is 8.78 Å². The number of hydrogen-bond donors (Lipinski definition) is 2. The van der Waals surface area contributed by atoms with Crippen molar-refractivity contribution in [3.8, 4) is 11.5 Å². The van der Waals surface area contributed by atoms with Crippen LogP contribution in [-0.2, 0) is 16.1 Å². The maximum atomic E-state index is 13.3. The number of amides is 2. The Labute approximate surface area is 160 Å². The first kappa shape index (κ1) is 19.6. The molecule has 6 nitrogen and oxygen atoms in total. The number of benzene rings is 2. The second-order valence-corrected chi connectivity index (χ2v) is 6.54. The Balaban J connectivity index is 1.63. The summed E-state index contributed by atoms with van der Waals surface area (Å²) in [6.07, 6.45) is 0.778. The summed E-state index contributed by atoms with van der Waals surface area (Å²) in [5.74, 6) is -1.92. The van der Waals surface area contributed by atoms with Crippen molar-refractivity contribution in [1.29, 1.82) is 0 Å². The lowest BCUT2D eigenvalue weighted by molar-refractivity contribution is -0.134. The molecule has 2 N–H and O–H groups in total. The summed E-state index contributed by atoms with van der Waals surface area (Å²) < 4.78 is 36.7. The molecule has 0 bridgehead atoms. The molecule has 0 heterocycles. The van der Waals surface area contributed by atoms with Crippen LogP contribution in [0.2, 0.25) is 0 Å². The zero-order valence-corrected chi connectivity index (χ0v) is 15.5. The zero-order chi connectivity index (χ0) is 20.3. The first-order valence-electron chi connectivity index (χ1n) is 8.65. The van der Waals surface area contributed by atoms with Crippen LogP contribution in [0.25, 0.3) is 0 Å². The van der Waals surface area contributed by atoms with E-state index in [1.807, 2.05) is 0 Å². The van der Waals surface area contributed by atoms with Gasteiger partial charge in [0.05, 0.1) is 14.2 Å². The van der Waals surface area contributed by atoms with E-state index in [1.54, 1.807) is 18.2 Å². The van der Waals surface area contributed by atoms with Crippen LogP contribution in [0.15, 0.2) is 36.4 Å². The van der Waals surface area contributed by atoms with Crippen LogP contribution >= 0.6 is 0 Å². The van der Waals surface area contributed by atoms with E-state index in [9.17, 15) is 18.4 Å². The van der Waals surface area contributed by atoms with Gasteiger partial charge in [0, 0.05) is 18.3 Å². The van der Waals surface area contributed by atoms with Crippen molar-refractivity contribution in [1.82, 2.24) is 5.32 Å². The Morgan fingerprint density at radius 3 is 2.29 bits per heavy atom. The molecule has 2 amide bonds. The fourth-order valence-electron chi connectivity index (χ4n) is 2.85. The van der Waals surface area contributed by atoms with Crippen LogP contribution in [0.4, 0.5) is 14.5 Å². The highest BCUT2D eigenvalue weighted by atomic mass is 19.2.